The van der Waals surface area contributed by atoms with Gasteiger partial charge in [-0.2, -0.15) is 0 Å². The maximum Gasteiger partial charge on any atom is 0.251 e. The second-order valence-electron chi connectivity index (χ2n) is 4.47. The number of rotatable bonds is 3. The molecule has 17 heavy (non-hydrogen) atoms. The molecule has 0 aromatic carbocycles. The molecular weight excluding hydrogens is 302 g/mol. The van der Waals surface area contributed by atoms with Crippen LogP contribution in [-0.4, -0.2) is 30.1 Å². The molecule has 1 amide bonds. The van der Waals surface area contributed by atoms with E-state index in [1.165, 1.54) is 0 Å². The minimum atomic E-state index is -0.239. The lowest BCUT2D eigenvalue weighted by molar-refractivity contribution is -0.141. The van der Waals surface area contributed by atoms with Gasteiger partial charge in [0.25, 0.3) is 5.91 Å². The number of amides is 1. The molecule has 94 valence electrons. The predicted molar refractivity (Wildman–Crippen MR) is 72.1 cm³/mol. The van der Waals surface area contributed by atoms with Crippen molar-refractivity contribution in [1.29, 1.82) is 0 Å². The molecule has 0 N–H and O–H groups in total. The quantitative estimate of drug-likeness (QED) is 0.857. The Kier molecular flexibility index (Phi) is 4.22. The smallest absolute Gasteiger partial charge is 0.251 e. The van der Waals surface area contributed by atoms with E-state index >= 15 is 0 Å². The predicted octanol–water partition coefficient (Wildman–Crippen LogP) is 3.04. The van der Waals surface area contributed by atoms with Crippen molar-refractivity contribution in [2.45, 2.75) is 38.5 Å². The van der Waals surface area contributed by atoms with Crippen LogP contribution in [0.5, 0.6) is 0 Å². The van der Waals surface area contributed by atoms with Crippen molar-refractivity contribution in [3.8, 4) is 0 Å². The van der Waals surface area contributed by atoms with Gasteiger partial charge in [-0.25, -0.2) is 0 Å². The standard InChI is InChI=1S/C12H16BrNO2S/c1-8-3-4-10(16-8)12(15)14(2)6-9-5-11(13)17-7-9/h5,7-8,10H,3-4,6H2,1-2H3. The minimum Gasteiger partial charge on any atom is -0.365 e. The Balaban J connectivity index is 1.91. The summed E-state index contributed by atoms with van der Waals surface area (Å²) in [6, 6.07) is 2.05. The van der Waals surface area contributed by atoms with Gasteiger partial charge in [0.2, 0.25) is 0 Å². The lowest BCUT2D eigenvalue weighted by Crippen LogP contribution is -2.35. The average Bonchev–Trinajstić information content (AvgIpc) is 2.87. The zero-order valence-corrected chi connectivity index (χ0v) is 12.4. The van der Waals surface area contributed by atoms with E-state index in [9.17, 15) is 4.79 Å². The van der Waals surface area contributed by atoms with E-state index in [2.05, 4.69) is 21.3 Å². The molecule has 2 atom stereocenters. The Hall–Kier alpha value is -0.390. The van der Waals surface area contributed by atoms with Crippen LogP contribution in [0, 0.1) is 0 Å². The molecule has 1 aromatic rings. The van der Waals surface area contributed by atoms with Crippen molar-refractivity contribution in [3.63, 3.8) is 0 Å². The van der Waals surface area contributed by atoms with Crippen molar-refractivity contribution in [2.75, 3.05) is 7.05 Å². The average molecular weight is 318 g/mol. The summed E-state index contributed by atoms with van der Waals surface area (Å²) >= 11 is 5.06. The van der Waals surface area contributed by atoms with Gasteiger partial charge in [-0.15, -0.1) is 11.3 Å². The molecule has 1 aliphatic rings. The highest BCUT2D eigenvalue weighted by molar-refractivity contribution is 9.11. The first-order valence-electron chi connectivity index (χ1n) is 5.69. The van der Waals surface area contributed by atoms with Crippen LogP contribution in [0.15, 0.2) is 15.2 Å². The molecule has 5 heteroatoms. The number of thiophene rings is 1. The van der Waals surface area contributed by atoms with E-state index in [1.807, 2.05) is 20.0 Å². The number of carbonyl (C=O) groups excluding carboxylic acids is 1. The first kappa shape index (κ1) is 13.1. The van der Waals surface area contributed by atoms with Gasteiger partial charge in [-0.05, 0) is 52.7 Å². The summed E-state index contributed by atoms with van der Waals surface area (Å²) in [4.78, 5) is 13.8. The van der Waals surface area contributed by atoms with Crippen molar-refractivity contribution >= 4 is 33.2 Å². The number of hydrogen-bond acceptors (Lipinski definition) is 3. The van der Waals surface area contributed by atoms with Crippen molar-refractivity contribution < 1.29 is 9.53 Å². The van der Waals surface area contributed by atoms with Crippen LogP contribution in [0.2, 0.25) is 0 Å². The lowest BCUT2D eigenvalue weighted by atomic mass is 10.2. The molecule has 2 rings (SSSR count). The third-order valence-corrected chi connectivity index (χ3v) is 4.48. The summed E-state index contributed by atoms with van der Waals surface area (Å²) < 4.78 is 6.69. The number of likely N-dealkylation sites (N-methyl/N-ethyl adjacent to an activating group) is 1. The monoisotopic (exact) mass is 317 g/mol. The third kappa shape index (κ3) is 3.30. The molecule has 1 saturated heterocycles. The summed E-state index contributed by atoms with van der Waals surface area (Å²) in [5.74, 6) is 0.0941. The lowest BCUT2D eigenvalue weighted by Gasteiger charge is -2.20. The van der Waals surface area contributed by atoms with E-state index in [0.29, 0.717) is 6.54 Å². The first-order chi connectivity index (χ1) is 8.06. The van der Waals surface area contributed by atoms with Crippen molar-refractivity contribution in [1.82, 2.24) is 4.90 Å². The van der Waals surface area contributed by atoms with E-state index in [1.54, 1.807) is 16.2 Å². The van der Waals surface area contributed by atoms with Gasteiger partial charge < -0.3 is 9.64 Å². The Labute approximate surface area is 114 Å². The molecule has 0 saturated carbocycles. The normalized spacial score (nSPS) is 23.9. The van der Waals surface area contributed by atoms with Gasteiger partial charge in [0.1, 0.15) is 6.10 Å². The van der Waals surface area contributed by atoms with E-state index < -0.39 is 0 Å². The fourth-order valence-corrected chi connectivity index (χ4v) is 3.21. The van der Waals surface area contributed by atoms with Gasteiger partial charge >= 0.3 is 0 Å². The molecule has 1 fully saturated rings. The van der Waals surface area contributed by atoms with Crippen molar-refractivity contribution in [2.24, 2.45) is 0 Å². The highest BCUT2D eigenvalue weighted by Crippen LogP contribution is 2.23. The Morgan fingerprint density at radius 1 is 1.65 bits per heavy atom. The maximum atomic E-state index is 12.1. The van der Waals surface area contributed by atoms with Gasteiger partial charge in [-0.1, -0.05) is 0 Å². The molecule has 2 unspecified atom stereocenters. The summed E-state index contributed by atoms with van der Waals surface area (Å²) in [5.41, 5.74) is 1.16. The molecule has 2 heterocycles. The summed E-state index contributed by atoms with van der Waals surface area (Å²) in [6.07, 6.45) is 1.80. The fraction of sp³-hybridized carbons (Fsp3) is 0.583. The second-order valence-corrected chi connectivity index (χ2v) is 6.76. The summed E-state index contributed by atoms with van der Waals surface area (Å²) in [5, 5.41) is 2.06. The molecule has 1 aliphatic heterocycles. The Bertz CT molecular complexity index is 407. The Morgan fingerprint density at radius 3 is 2.94 bits per heavy atom. The number of ether oxygens (including phenoxy) is 1. The molecule has 3 nitrogen and oxygen atoms in total. The van der Waals surface area contributed by atoms with Crippen LogP contribution >= 0.6 is 27.3 Å². The SMILES string of the molecule is CC1CCC(C(=O)N(C)Cc2csc(Br)c2)O1. The molecule has 0 aliphatic carbocycles. The Morgan fingerprint density at radius 2 is 2.41 bits per heavy atom. The zero-order chi connectivity index (χ0) is 12.4. The number of hydrogen-bond donors (Lipinski definition) is 0. The first-order valence-corrected chi connectivity index (χ1v) is 7.37. The number of halogens is 1. The van der Waals surface area contributed by atoms with E-state index in [-0.39, 0.29) is 18.1 Å². The van der Waals surface area contributed by atoms with Crippen LogP contribution in [0.4, 0.5) is 0 Å². The highest BCUT2D eigenvalue weighted by Gasteiger charge is 2.30. The van der Waals surface area contributed by atoms with Crippen LogP contribution in [0.25, 0.3) is 0 Å². The topological polar surface area (TPSA) is 29.5 Å². The molecule has 0 radical (unpaired) electrons. The summed E-state index contributed by atoms with van der Waals surface area (Å²) in [7, 11) is 1.83. The van der Waals surface area contributed by atoms with Crippen LogP contribution < -0.4 is 0 Å². The van der Waals surface area contributed by atoms with Crippen LogP contribution in [0.3, 0.4) is 0 Å². The van der Waals surface area contributed by atoms with Gasteiger partial charge in [-0.3, -0.25) is 4.79 Å². The van der Waals surface area contributed by atoms with Crippen LogP contribution in [-0.2, 0) is 16.1 Å². The van der Waals surface area contributed by atoms with Gasteiger partial charge in [0.15, 0.2) is 0 Å². The largest absolute Gasteiger partial charge is 0.365 e. The van der Waals surface area contributed by atoms with Crippen LogP contribution in [0.1, 0.15) is 25.3 Å². The van der Waals surface area contributed by atoms with E-state index in [4.69, 9.17) is 4.74 Å². The highest BCUT2D eigenvalue weighted by atomic mass is 79.9. The van der Waals surface area contributed by atoms with Crippen molar-refractivity contribution in [3.05, 3.63) is 20.8 Å². The minimum absolute atomic E-state index is 0.0941. The fourth-order valence-electron chi connectivity index (χ4n) is 2.01. The summed E-state index contributed by atoms with van der Waals surface area (Å²) in [6.45, 7) is 2.67. The maximum absolute atomic E-state index is 12.1. The van der Waals surface area contributed by atoms with E-state index in [0.717, 1.165) is 22.2 Å². The number of nitrogens with zero attached hydrogens (tertiary/aromatic N) is 1. The second kappa shape index (κ2) is 5.50. The molecule has 0 bridgehead atoms. The molecule has 1 aromatic heterocycles. The molecular formula is C12H16BrNO2S. The van der Waals surface area contributed by atoms with Gasteiger partial charge in [0, 0.05) is 13.6 Å². The third-order valence-electron chi connectivity index (χ3n) is 2.93. The van der Waals surface area contributed by atoms with Gasteiger partial charge in [0.05, 0.1) is 9.89 Å². The zero-order valence-electron chi connectivity index (χ0n) is 9.98. The number of carbonyl (C=O) groups is 1. The molecule has 0 spiro atoms.